The first kappa shape index (κ1) is 17.7. The number of hydrogen-bond donors (Lipinski definition) is 1. The summed E-state index contributed by atoms with van der Waals surface area (Å²) < 4.78 is 7.48. The van der Waals surface area contributed by atoms with Gasteiger partial charge in [-0.15, -0.1) is 11.8 Å². The Kier molecular flexibility index (Phi) is 6.82. The number of nitrogens with zero attached hydrogens (tertiary/aromatic N) is 2. The van der Waals surface area contributed by atoms with E-state index in [0.29, 0.717) is 11.6 Å². The molecule has 5 heteroatoms. The van der Waals surface area contributed by atoms with Crippen LogP contribution in [0, 0.1) is 18.1 Å². The highest BCUT2D eigenvalue weighted by atomic mass is 32.2. The summed E-state index contributed by atoms with van der Waals surface area (Å²) in [5.74, 6) is 0.503. The van der Waals surface area contributed by atoms with Crippen molar-refractivity contribution in [1.82, 2.24) is 9.78 Å². The van der Waals surface area contributed by atoms with Crippen LogP contribution in [0.15, 0.2) is 29.4 Å². The normalized spacial score (nSPS) is 16.1. The van der Waals surface area contributed by atoms with Crippen molar-refractivity contribution in [3.05, 3.63) is 42.2 Å². The van der Waals surface area contributed by atoms with Gasteiger partial charge in [0.05, 0.1) is 22.8 Å². The van der Waals surface area contributed by atoms with Crippen molar-refractivity contribution in [2.24, 2.45) is 5.92 Å². The molecule has 1 unspecified atom stereocenters. The molecule has 1 fully saturated rings. The Morgan fingerprint density at radius 3 is 2.74 bits per heavy atom. The Morgan fingerprint density at radius 1 is 1.39 bits per heavy atom. The van der Waals surface area contributed by atoms with Crippen LogP contribution in [0.25, 0.3) is 0 Å². The molecule has 0 saturated carbocycles. The van der Waals surface area contributed by atoms with E-state index in [1.165, 1.54) is 5.56 Å². The minimum Gasteiger partial charge on any atom is -0.396 e. The molecule has 0 amide bonds. The van der Waals surface area contributed by atoms with Crippen LogP contribution >= 0.6 is 11.8 Å². The van der Waals surface area contributed by atoms with Crippen molar-refractivity contribution in [1.29, 1.82) is 0 Å². The molecule has 23 heavy (non-hydrogen) atoms. The van der Waals surface area contributed by atoms with Gasteiger partial charge in [0.2, 0.25) is 0 Å². The summed E-state index contributed by atoms with van der Waals surface area (Å²) in [6.07, 6.45) is 7.75. The molecular formula is C18H25N3OS. The fourth-order valence-electron chi connectivity index (χ4n) is 2.88. The Balaban J connectivity index is 0.000000924. The predicted octanol–water partition coefficient (Wildman–Crippen LogP) is 3.83. The largest absolute Gasteiger partial charge is 0.396 e. The zero-order chi connectivity index (χ0) is 16.7. The van der Waals surface area contributed by atoms with Crippen molar-refractivity contribution < 1.29 is 4.74 Å². The highest BCUT2D eigenvalue weighted by Gasteiger charge is 2.27. The van der Waals surface area contributed by atoms with Gasteiger partial charge in [0.15, 0.2) is 0 Å². The van der Waals surface area contributed by atoms with Gasteiger partial charge in [-0.05, 0) is 42.7 Å². The number of rotatable bonds is 4. The highest BCUT2D eigenvalue weighted by molar-refractivity contribution is 7.98. The van der Waals surface area contributed by atoms with E-state index in [0.717, 1.165) is 31.0 Å². The third-order valence-corrected chi connectivity index (χ3v) is 4.57. The number of thioether (sulfide) groups is 1. The van der Waals surface area contributed by atoms with Gasteiger partial charge in [-0.2, -0.15) is 5.10 Å². The van der Waals surface area contributed by atoms with Crippen molar-refractivity contribution in [3.8, 4) is 0 Å². The Hall–Kier alpha value is -1.64. The van der Waals surface area contributed by atoms with Gasteiger partial charge in [-0.1, -0.05) is 26.0 Å². The zero-order valence-electron chi connectivity index (χ0n) is 14.1. The van der Waals surface area contributed by atoms with Gasteiger partial charge in [0.25, 0.3) is 0 Å². The van der Waals surface area contributed by atoms with Crippen LogP contribution in [0.3, 0.4) is 0 Å². The summed E-state index contributed by atoms with van der Waals surface area (Å²) in [5.41, 5.74) is 7.77. The van der Waals surface area contributed by atoms with Crippen molar-refractivity contribution in [2.75, 3.05) is 25.2 Å². The van der Waals surface area contributed by atoms with E-state index in [9.17, 15) is 0 Å². The average molecular weight is 331 g/mol. The third kappa shape index (κ3) is 4.43. The van der Waals surface area contributed by atoms with E-state index < -0.39 is 0 Å². The second-order valence-corrected chi connectivity index (χ2v) is 6.12. The zero-order valence-corrected chi connectivity index (χ0v) is 14.9. The highest BCUT2D eigenvalue weighted by Crippen LogP contribution is 2.34. The first-order valence-electron chi connectivity index (χ1n) is 8.12. The number of ether oxygens (including phenoxy) is 1. The number of anilines is 1. The lowest BCUT2D eigenvalue weighted by Gasteiger charge is -2.30. The van der Waals surface area contributed by atoms with Crippen molar-refractivity contribution in [3.63, 3.8) is 0 Å². The number of nitrogens with two attached hydrogens (primary N) is 1. The smallest absolute Gasteiger partial charge is 0.0806 e. The van der Waals surface area contributed by atoms with Gasteiger partial charge in [0, 0.05) is 19.4 Å². The van der Waals surface area contributed by atoms with E-state index in [4.69, 9.17) is 10.5 Å². The summed E-state index contributed by atoms with van der Waals surface area (Å²) >= 11 is 1.68. The molecule has 1 atom stereocenters. The second kappa shape index (κ2) is 8.85. The Bertz CT molecular complexity index is 593. The van der Waals surface area contributed by atoms with Crippen molar-refractivity contribution in [2.45, 2.75) is 37.6 Å². The van der Waals surface area contributed by atoms with Gasteiger partial charge < -0.3 is 10.5 Å². The summed E-state index contributed by atoms with van der Waals surface area (Å²) in [5, 5.41) is 4.44. The lowest BCUT2D eigenvalue weighted by Crippen LogP contribution is -2.27. The standard InChI is InChI=1S/C16H19N3OS.C2H6/c1-21-15-4-2-3-13(9-15)16(12-5-7-20-8-6-12)19-11-14(17)10-18-19;1-2/h3,9-12,16H,5-8,17H2,1H3;1-2H3. The molecule has 1 saturated heterocycles. The molecule has 2 N–H and O–H groups in total. The second-order valence-electron chi connectivity index (χ2n) is 5.27. The topological polar surface area (TPSA) is 53.1 Å². The maximum Gasteiger partial charge on any atom is 0.0806 e. The maximum atomic E-state index is 5.85. The van der Waals surface area contributed by atoms with E-state index in [2.05, 4.69) is 29.6 Å². The SMILES string of the molecule is CC.CSc1c#ccc(C(C2CCOCC2)n2cc(N)cn2)c1. The number of aromatic nitrogens is 2. The predicted molar refractivity (Wildman–Crippen MR) is 95.6 cm³/mol. The maximum absolute atomic E-state index is 5.85. The van der Waals surface area contributed by atoms with Crippen LogP contribution in [0.2, 0.25) is 0 Å². The van der Waals surface area contributed by atoms with Gasteiger partial charge in [0.1, 0.15) is 0 Å². The summed E-state index contributed by atoms with van der Waals surface area (Å²) in [4.78, 5) is 1.10. The lowest BCUT2D eigenvalue weighted by atomic mass is 9.87. The molecule has 3 rings (SSSR count). The van der Waals surface area contributed by atoms with E-state index >= 15 is 0 Å². The minimum atomic E-state index is 0.183. The molecule has 0 bridgehead atoms. The Morgan fingerprint density at radius 2 is 2.13 bits per heavy atom. The molecule has 0 radical (unpaired) electrons. The fraction of sp³-hybridized carbons (Fsp3) is 0.500. The van der Waals surface area contributed by atoms with Gasteiger partial charge >= 0.3 is 0 Å². The number of hydrogen-bond acceptors (Lipinski definition) is 4. The molecule has 2 aromatic rings. The van der Waals surface area contributed by atoms with E-state index in [1.807, 2.05) is 30.8 Å². The summed E-state index contributed by atoms with van der Waals surface area (Å²) in [7, 11) is 0. The molecule has 2 heterocycles. The molecule has 1 aromatic heterocycles. The Labute approximate surface area is 143 Å². The van der Waals surface area contributed by atoms with Crippen LogP contribution in [0.4, 0.5) is 5.69 Å². The molecular weight excluding hydrogens is 306 g/mol. The van der Waals surface area contributed by atoms with Crippen LogP contribution in [-0.2, 0) is 4.74 Å². The molecule has 0 spiro atoms. The monoisotopic (exact) mass is 331 g/mol. The van der Waals surface area contributed by atoms with E-state index in [1.54, 1.807) is 18.0 Å². The van der Waals surface area contributed by atoms with Crippen LogP contribution in [0.5, 0.6) is 0 Å². The lowest BCUT2D eigenvalue weighted by molar-refractivity contribution is 0.0527. The number of nitrogen functional groups attached to an aromatic ring is 1. The minimum absolute atomic E-state index is 0.183. The first-order valence-corrected chi connectivity index (χ1v) is 9.35. The van der Waals surface area contributed by atoms with E-state index in [-0.39, 0.29) is 6.04 Å². The molecule has 1 aromatic carbocycles. The molecule has 0 aliphatic carbocycles. The first-order chi connectivity index (χ1) is 11.3. The fourth-order valence-corrected chi connectivity index (χ4v) is 3.29. The third-order valence-electron chi connectivity index (χ3n) is 3.91. The molecule has 124 valence electrons. The molecule has 1 aliphatic heterocycles. The van der Waals surface area contributed by atoms with Crippen LogP contribution < -0.4 is 5.73 Å². The summed E-state index contributed by atoms with van der Waals surface area (Å²) in [6.45, 7) is 5.63. The van der Waals surface area contributed by atoms with Gasteiger partial charge in [-0.3, -0.25) is 4.68 Å². The molecule has 4 nitrogen and oxygen atoms in total. The average Bonchev–Trinajstić information content (AvgIpc) is 3.04. The van der Waals surface area contributed by atoms with Crippen LogP contribution in [-0.4, -0.2) is 29.3 Å². The van der Waals surface area contributed by atoms with Gasteiger partial charge in [-0.25, -0.2) is 0 Å². The quantitative estimate of drug-likeness (QED) is 0.865. The van der Waals surface area contributed by atoms with Crippen molar-refractivity contribution >= 4 is 17.4 Å². The summed E-state index contributed by atoms with van der Waals surface area (Å²) in [6, 6.07) is 10.6. The van der Waals surface area contributed by atoms with Crippen LogP contribution in [0.1, 0.15) is 38.3 Å². The molecule has 1 aliphatic rings.